The molecular formula is C10H18F3NO5S. The minimum absolute atomic E-state index is 0.120. The number of hydrogen-bond donors (Lipinski definition) is 2. The smallest absolute Gasteiger partial charge is 0.411 e. The first-order chi connectivity index (χ1) is 9.07. The minimum atomic E-state index is -4.53. The predicted octanol–water partition coefficient (Wildman–Crippen LogP) is 1.13. The van der Waals surface area contributed by atoms with Crippen LogP contribution in [-0.4, -0.2) is 50.7 Å². The van der Waals surface area contributed by atoms with Crippen molar-refractivity contribution in [2.24, 2.45) is 0 Å². The van der Waals surface area contributed by atoms with Gasteiger partial charge in [-0.15, -0.1) is 0 Å². The summed E-state index contributed by atoms with van der Waals surface area (Å²) >= 11 is 0. The lowest BCUT2D eigenvalue weighted by molar-refractivity contribution is -0.172. The number of hydrogen-bond acceptors (Lipinski definition) is 4. The molecule has 0 saturated heterocycles. The molecule has 0 bridgehead atoms. The van der Waals surface area contributed by atoms with Crippen LogP contribution in [0, 0.1) is 0 Å². The van der Waals surface area contributed by atoms with Crippen LogP contribution >= 0.6 is 0 Å². The first kappa shape index (κ1) is 19.1. The van der Waals surface area contributed by atoms with E-state index in [9.17, 15) is 26.4 Å². The molecule has 20 heavy (non-hydrogen) atoms. The second kappa shape index (κ2) is 8.42. The van der Waals surface area contributed by atoms with Gasteiger partial charge in [-0.25, -0.2) is 13.1 Å². The molecule has 0 fully saturated rings. The number of unbranched alkanes of at least 4 members (excludes halogenated alkanes) is 1. The van der Waals surface area contributed by atoms with E-state index >= 15 is 0 Å². The molecule has 120 valence electrons. The van der Waals surface area contributed by atoms with Crippen molar-refractivity contribution in [2.75, 3.05) is 19.0 Å². The molecule has 0 amide bonds. The van der Waals surface area contributed by atoms with Crippen molar-refractivity contribution < 1.29 is 36.2 Å². The summed E-state index contributed by atoms with van der Waals surface area (Å²) in [6.45, 7) is -0.381. The summed E-state index contributed by atoms with van der Waals surface area (Å²) < 4.78 is 64.4. The lowest BCUT2D eigenvalue weighted by atomic mass is 10.1. The van der Waals surface area contributed by atoms with Crippen molar-refractivity contribution in [1.29, 1.82) is 0 Å². The average molecular weight is 321 g/mol. The molecule has 2 N–H and O–H groups in total. The van der Waals surface area contributed by atoms with E-state index in [1.807, 2.05) is 11.6 Å². The van der Waals surface area contributed by atoms with E-state index in [4.69, 9.17) is 5.11 Å². The molecule has 0 aliphatic heterocycles. The average Bonchev–Trinajstić information content (AvgIpc) is 2.28. The first-order valence-electron chi connectivity index (χ1n) is 5.94. The fourth-order valence-electron chi connectivity index (χ4n) is 1.27. The van der Waals surface area contributed by atoms with E-state index in [-0.39, 0.29) is 6.42 Å². The van der Waals surface area contributed by atoms with E-state index < -0.39 is 47.2 Å². The number of carboxylic acid groups (broad SMARTS) is 1. The van der Waals surface area contributed by atoms with Crippen LogP contribution in [0.5, 0.6) is 0 Å². The van der Waals surface area contributed by atoms with E-state index in [1.165, 1.54) is 0 Å². The zero-order valence-electron chi connectivity index (χ0n) is 10.9. The van der Waals surface area contributed by atoms with Crippen molar-refractivity contribution in [3.05, 3.63) is 0 Å². The lowest BCUT2D eigenvalue weighted by Crippen LogP contribution is -2.42. The fourth-order valence-corrected chi connectivity index (χ4v) is 2.38. The number of sulfonamides is 1. The molecular weight excluding hydrogens is 303 g/mol. The van der Waals surface area contributed by atoms with Crippen molar-refractivity contribution in [3.8, 4) is 0 Å². The summed E-state index contributed by atoms with van der Waals surface area (Å²) in [4.78, 5) is 10.8. The lowest BCUT2D eigenvalue weighted by Gasteiger charge is -2.14. The van der Waals surface area contributed by atoms with E-state index in [0.29, 0.717) is 12.8 Å². The number of nitrogens with one attached hydrogen (secondary N) is 1. The van der Waals surface area contributed by atoms with Crippen LogP contribution < -0.4 is 4.72 Å². The molecule has 0 rings (SSSR count). The largest absolute Gasteiger partial charge is 0.480 e. The fraction of sp³-hybridized carbons (Fsp3) is 0.900. The molecule has 0 aliphatic rings. The van der Waals surface area contributed by atoms with Crippen LogP contribution in [0.4, 0.5) is 13.2 Å². The van der Waals surface area contributed by atoms with Crippen molar-refractivity contribution in [2.45, 2.75) is 38.4 Å². The molecule has 1 atom stereocenters. The SMILES string of the molecule is CCCCC(NS(=O)(=O)CCOCC(F)(F)F)C(=O)O. The zero-order chi connectivity index (χ0) is 15.8. The van der Waals surface area contributed by atoms with Gasteiger partial charge in [0.2, 0.25) is 10.0 Å². The van der Waals surface area contributed by atoms with Gasteiger partial charge >= 0.3 is 12.1 Å². The Morgan fingerprint density at radius 3 is 2.45 bits per heavy atom. The molecule has 1 unspecified atom stereocenters. The molecule has 10 heteroatoms. The highest BCUT2D eigenvalue weighted by molar-refractivity contribution is 7.89. The van der Waals surface area contributed by atoms with Gasteiger partial charge in [-0.05, 0) is 6.42 Å². The number of aliphatic carboxylic acids is 1. The molecule has 0 aromatic carbocycles. The highest BCUT2D eigenvalue weighted by Crippen LogP contribution is 2.14. The van der Waals surface area contributed by atoms with Gasteiger partial charge in [-0.3, -0.25) is 4.79 Å². The van der Waals surface area contributed by atoms with E-state index in [2.05, 4.69) is 4.74 Å². The Labute approximate surface area is 115 Å². The van der Waals surface area contributed by atoms with Crippen LogP contribution in [0.2, 0.25) is 0 Å². The Morgan fingerprint density at radius 2 is 2.00 bits per heavy atom. The third-order valence-electron chi connectivity index (χ3n) is 2.23. The second-order valence-corrected chi connectivity index (χ2v) is 6.01. The molecule has 0 aromatic rings. The van der Waals surface area contributed by atoms with Gasteiger partial charge in [0.1, 0.15) is 12.6 Å². The maximum atomic E-state index is 11.8. The molecule has 6 nitrogen and oxygen atoms in total. The molecule has 0 radical (unpaired) electrons. The number of ether oxygens (including phenoxy) is 1. The maximum absolute atomic E-state index is 11.8. The molecule has 0 aromatic heterocycles. The standard InChI is InChI=1S/C10H18F3NO5S/c1-2-3-4-8(9(15)16)14-20(17,18)6-5-19-7-10(11,12)13/h8,14H,2-7H2,1H3,(H,15,16). The number of alkyl halides is 3. The van der Waals surface area contributed by atoms with Crippen LogP contribution in [-0.2, 0) is 19.6 Å². The molecule has 0 aliphatic carbocycles. The Kier molecular flexibility index (Phi) is 8.06. The summed E-state index contributed by atoms with van der Waals surface area (Å²) in [5.74, 6) is -2.04. The topological polar surface area (TPSA) is 92.7 Å². The van der Waals surface area contributed by atoms with Crippen LogP contribution in [0.25, 0.3) is 0 Å². The third kappa shape index (κ3) is 9.98. The Bertz CT molecular complexity index is 396. The molecule has 0 saturated carbocycles. The van der Waals surface area contributed by atoms with Gasteiger partial charge in [0.25, 0.3) is 0 Å². The van der Waals surface area contributed by atoms with E-state index in [0.717, 1.165) is 0 Å². The third-order valence-corrected chi connectivity index (χ3v) is 3.58. The van der Waals surface area contributed by atoms with Gasteiger partial charge in [0.05, 0.1) is 12.4 Å². The number of carboxylic acids is 1. The monoisotopic (exact) mass is 321 g/mol. The zero-order valence-corrected chi connectivity index (χ0v) is 11.8. The van der Waals surface area contributed by atoms with E-state index in [1.54, 1.807) is 0 Å². The van der Waals surface area contributed by atoms with Gasteiger partial charge in [-0.1, -0.05) is 19.8 Å². The normalized spacial score (nSPS) is 14.2. The quantitative estimate of drug-likeness (QED) is 0.588. The van der Waals surface area contributed by atoms with Crippen LogP contribution in [0.3, 0.4) is 0 Å². The van der Waals surface area contributed by atoms with Gasteiger partial charge in [0.15, 0.2) is 0 Å². The maximum Gasteiger partial charge on any atom is 0.411 e. The number of rotatable bonds is 10. The van der Waals surface area contributed by atoms with Crippen LogP contribution in [0.1, 0.15) is 26.2 Å². The highest BCUT2D eigenvalue weighted by atomic mass is 32.2. The molecule has 0 spiro atoms. The summed E-state index contributed by atoms with van der Waals surface area (Å²) in [6.07, 6.45) is -3.19. The summed E-state index contributed by atoms with van der Waals surface area (Å²) in [7, 11) is -4.00. The Balaban J connectivity index is 4.24. The van der Waals surface area contributed by atoms with Crippen LogP contribution in [0.15, 0.2) is 0 Å². The first-order valence-corrected chi connectivity index (χ1v) is 7.60. The van der Waals surface area contributed by atoms with Crippen molar-refractivity contribution >= 4 is 16.0 Å². The second-order valence-electron chi connectivity index (χ2n) is 4.14. The summed E-state index contributed by atoms with van der Waals surface area (Å²) in [6, 6.07) is -1.28. The van der Waals surface area contributed by atoms with Gasteiger partial charge < -0.3 is 9.84 Å². The summed E-state index contributed by atoms with van der Waals surface area (Å²) in [5.41, 5.74) is 0. The number of halogens is 3. The van der Waals surface area contributed by atoms with Crippen molar-refractivity contribution in [3.63, 3.8) is 0 Å². The predicted molar refractivity (Wildman–Crippen MR) is 64.7 cm³/mol. The Morgan fingerprint density at radius 1 is 1.40 bits per heavy atom. The van der Waals surface area contributed by atoms with Gasteiger partial charge in [0, 0.05) is 0 Å². The Hall–Kier alpha value is -0.870. The summed E-state index contributed by atoms with van der Waals surface area (Å²) in [5, 5.41) is 8.83. The molecule has 0 heterocycles. The minimum Gasteiger partial charge on any atom is -0.480 e. The van der Waals surface area contributed by atoms with Gasteiger partial charge in [-0.2, -0.15) is 13.2 Å². The number of carbonyl (C=O) groups is 1. The van der Waals surface area contributed by atoms with Crippen molar-refractivity contribution in [1.82, 2.24) is 4.72 Å². The highest BCUT2D eigenvalue weighted by Gasteiger charge is 2.28.